The molecule has 0 N–H and O–H groups in total. The molecule has 0 spiro atoms. The largest absolute Gasteiger partial charge is 0.488 e. The number of rotatable bonds is 10. The average molecular weight is 547 g/mol. The number of hydrogen-bond donors (Lipinski definition) is 0. The lowest BCUT2D eigenvalue weighted by atomic mass is 9.87. The Balaban J connectivity index is 2.14. The fourth-order valence-corrected chi connectivity index (χ4v) is 4.50. The molecule has 0 unspecified atom stereocenters. The van der Waals surface area contributed by atoms with Crippen molar-refractivity contribution in [3.05, 3.63) is 121 Å². The van der Waals surface area contributed by atoms with E-state index in [9.17, 15) is 8.42 Å². The molecule has 0 aliphatic heterocycles. The van der Waals surface area contributed by atoms with Crippen molar-refractivity contribution in [1.82, 2.24) is 0 Å². The van der Waals surface area contributed by atoms with Gasteiger partial charge in [-0.1, -0.05) is 63.8 Å². The molecule has 5 heteroatoms. The van der Waals surface area contributed by atoms with Gasteiger partial charge in [0.05, 0.1) is 9.79 Å². The number of hydrogen-bond acceptors (Lipinski definition) is 4. The Morgan fingerprint density at radius 3 is 1.77 bits per heavy atom. The minimum Gasteiger partial charge on any atom is -0.488 e. The number of allylic oxidation sites excluding steroid dienone is 9. The second kappa shape index (κ2) is 13.0. The van der Waals surface area contributed by atoms with Gasteiger partial charge >= 0.3 is 0 Å². The summed E-state index contributed by atoms with van der Waals surface area (Å²) < 4.78 is 38.0. The molecule has 0 saturated carbocycles. The van der Waals surface area contributed by atoms with Gasteiger partial charge in [-0.2, -0.15) is 0 Å². The highest BCUT2D eigenvalue weighted by Crippen LogP contribution is 2.27. The molecular weight excluding hydrogens is 504 g/mol. The van der Waals surface area contributed by atoms with Crippen molar-refractivity contribution in [2.45, 2.75) is 70.8 Å². The van der Waals surface area contributed by atoms with E-state index >= 15 is 0 Å². The van der Waals surface area contributed by atoms with Crippen molar-refractivity contribution in [2.24, 2.45) is 5.41 Å². The van der Waals surface area contributed by atoms with Crippen molar-refractivity contribution in [3.63, 3.8) is 0 Å². The molecule has 0 aliphatic rings. The topological polar surface area (TPSA) is 52.6 Å². The van der Waals surface area contributed by atoms with E-state index in [0.29, 0.717) is 17.3 Å². The molecule has 2 rings (SSSR count). The fourth-order valence-electron chi connectivity index (χ4n) is 3.24. The number of sulfone groups is 1. The van der Waals surface area contributed by atoms with E-state index < -0.39 is 9.84 Å². The van der Waals surface area contributed by atoms with Crippen LogP contribution < -0.4 is 9.47 Å². The smallest absolute Gasteiger partial charge is 0.206 e. The van der Waals surface area contributed by atoms with E-state index in [1.54, 1.807) is 54.6 Å². The standard InChI is InChI=1S/C34H42O4S/c1-11-27(15-14-26(4)33(5,6)7)25(3)13-16-28(12-2)37-29-17-21-31(22-18-29)39(35,36)32-23-19-30(20-24-32)38-34(8,9)10/h11-24H,1,3H2,2,4-10H3/b16-13-,26-14+,27-15+,28-12+. The summed E-state index contributed by atoms with van der Waals surface area (Å²) in [6.45, 7) is 24.4. The lowest BCUT2D eigenvalue weighted by Gasteiger charge is -2.21. The van der Waals surface area contributed by atoms with E-state index in [1.807, 2.05) is 52.0 Å². The maximum atomic E-state index is 13.1. The highest BCUT2D eigenvalue weighted by molar-refractivity contribution is 7.91. The van der Waals surface area contributed by atoms with Crippen molar-refractivity contribution < 1.29 is 17.9 Å². The second-order valence-corrected chi connectivity index (χ2v) is 13.2. The van der Waals surface area contributed by atoms with Crippen LogP contribution in [0, 0.1) is 5.41 Å². The molecule has 0 aliphatic carbocycles. The molecular formula is C34H42O4S. The zero-order valence-electron chi connectivity index (χ0n) is 24.5. The first-order valence-electron chi connectivity index (χ1n) is 12.9. The van der Waals surface area contributed by atoms with Crippen LogP contribution in [0.15, 0.2) is 130 Å². The minimum atomic E-state index is -3.68. The van der Waals surface area contributed by atoms with Crippen molar-refractivity contribution in [2.75, 3.05) is 0 Å². The summed E-state index contributed by atoms with van der Waals surface area (Å²) in [5, 5.41) is 0. The Morgan fingerprint density at radius 2 is 1.33 bits per heavy atom. The molecule has 208 valence electrons. The summed E-state index contributed by atoms with van der Waals surface area (Å²) in [4.78, 5) is 0.385. The summed E-state index contributed by atoms with van der Waals surface area (Å²) in [5.41, 5.74) is 2.70. The Labute approximate surface area is 235 Å². The summed E-state index contributed by atoms with van der Waals surface area (Å²) in [6, 6.07) is 12.8. The quantitative estimate of drug-likeness (QED) is 0.220. The molecule has 0 saturated heterocycles. The maximum Gasteiger partial charge on any atom is 0.206 e. The van der Waals surface area contributed by atoms with Crippen LogP contribution in [0.25, 0.3) is 0 Å². The molecule has 0 fully saturated rings. The monoisotopic (exact) mass is 546 g/mol. The molecule has 0 aromatic heterocycles. The first kappa shape index (κ1) is 31.6. The molecule has 2 aromatic carbocycles. The molecule has 0 atom stereocenters. The molecule has 39 heavy (non-hydrogen) atoms. The third-order valence-corrected chi connectivity index (χ3v) is 7.73. The van der Waals surface area contributed by atoms with Gasteiger partial charge in [-0.3, -0.25) is 0 Å². The third-order valence-electron chi connectivity index (χ3n) is 5.95. The zero-order chi connectivity index (χ0) is 29.4. The van der Waals surface area contributed by atoms with Gasteiger partial charge in [0.1, 0.15) is 22.9 Å². The fraction of sp³-hybridized carbons (Fsp3) is 0.294. The van der Waals surface area contributed by atoms with Gasteiger partial charge in [0, 0.05) is 0 Å². The van der Waals surface area contributed by atoms with Crippen LogP contribution in [0.5, 0.6) is 11.5 Å². The Hall–Kier alpha value is -3.57. The van der Waals surface area contributed by atoms with Crippen LogP contribution in [0.4, 0.5) is 0 Å². The van der Waals surface area contributed by atoms with Crippen LogP contribution >= 0.6 is 0 Å². The van der Waals surface area contributed by atoms with Gasteiger partial charge in [-0.25, -0.2) is 8.42 Å². The normalized spacial score (nSPS) is 13.9. The maximum absolute atomic E-state index is 13.1. The van der Waals surface area contributed by atoms with Gasteiger partial charge in [0.2, 0.25) is 9.84 Å². The van der Waals surface area contributed by atoms with Gasteiger partial charge in [0.25, 0.3) is 0 Å². The summed E-state index contributed by atoms with van der Waals surface area (Å²) in [5.74, 6) is 1.74. The molecule has 0 bridgehead atoms. The Kier molecular flexibility index (Phi) is 10.5. The van der Waals surface area contributed by atoms with Gasteiger partial charge in [-0.15, -0.1) is 0 Å². The van der Waals surface area contributed by atoms with E-state index in [2.05, 4.69) is 46.9 Å². The van der Waals surface area contributed by atoms with Gasteiger partial charge in [0.15, 0.2) is 0 Å². The minimum absolute atomic E-state index is 0.0897. The van der Waals surface area contributed by atoms with E-state index in [-0.39, 0.29) is 20.8 Å². The van der Waals surface area contributed by atoms with Crippen LogP contribution in [0.1, 0.15) is 55.4 Å². The molecule has 0 radical (unpaired) electrons. The Morgan fingerprint density at radius 1 is 0.821 bits per heavy atom. The lowest BCUT2D eigenvalue weighted by molar-refractivity contribution is 0.131. The van der Waals surface area contributed by atoms with E-state index in [1.165, 1.54) is 5.57 Å². The van der Waals surface area contributed by atoms with E-state index in [0.717, 1.165) is 11.1 Å². The summed E-state index contributed by atoms with van der Waals surface area (Å²) in [6.07, 6.45) is 11.4. The molecule has 0 heterocycles. The zero-order valence-corrected chi connectivity index (χ0v) is 25.4. The first-order valence-corrected chi connectivity index (χ1v) is 14.4. The highest BCUT2D eigenvalue weighted by atomic mass is 32.2. The SMILES string of the molecule is C=C/C(=C\C=C(/C)C(C)(C)C)C(=C)/C=C\C(=C/C)Oc1ccc(S(=O)(=O)c2ccc(OC(C)(C)C)cc2)cc1. The average Bonchev–Trinajstić information content (AvgIpc) is 2.85. The predicted molar refractivity (Wildman–Crippen MR) is 163 cm³/mol. The van der Waals surface area contributed by atoms with Gasteiger partial charge < -0.3 is 9.47 Å². The molecule has 2 aromatic rings. The van der Waals surface area contributed by atoms with Crippen LogP contribution in [0.3, 0.4) is 0 Å². The summed E-state index contributed by atoms with van der Waals surface area (Å²) in [7, 11) is -3.68. The lowest BCUT2D eigenvalue weighted by Crippen LogP contribution is -2.22. The van der Waals surface area contributed by atoms with Crippen molar-refractivity contribution in [3.8, 4) is 11.5 Å². The Bertz CT molecular complexity index is 1390. The van der Waals surface area contributed by atoms with E-state index in [4.69, 9.17) is 9.47 Å². The van der Waals surface area contributed by atoms with Gasteiger partial charge in [-0.05, 0) is 112 Å². The molecule has 4 nitrogen and oxygen atoms in total. The first-order chi connectivity index (χ1) is 18.1. The third kappa shape index (κ3) is 9.60. The molecule has 0 amide bonds. The number of ether oxygens (including phenoxy) is 2. The van der Waals surface area contributed by atoms with Crippen LogP contribution in [-0.2, 0) is 9.84 Å². The van der Waals surface area contributed by atoms with Crippen molar-refractivity contribution >= 4 is 9.84 Å². The number of benzene rings is 2. The predicted octanol–water partition coefficient (Wildman–Crippen LogP) is 9.20. The summed E-state index contributed by atoms with van der Waals surface area (Å²) >= 11 is 0. The highest BCUT2D eigenvalue weighted by Gasteiger charge is 2.19. The van der Waals surface area contributed by atoms with Crippen LogP contribution in [0.2, 0.25) is 0 Å². The van der Waals surface area contributed by atoms with Crippen LogP contribution in [-0.4, -0.2) is 14.0 Å². The van der Waals surface area contributed by atoms with Crippen molar-refractivity contribution in [1.29, 1.82) is 0 Å². The second-order valence-electron chi connectivity index (χ2n) is 11.2.